The van der Waals surface area contributed by atoms with Crippen molar-refractivity contribution in [2.45, 2.75) is 63.6 Å². The summed E-state index contributed by atoms with van der Waals surface area (Å²) in [6, 6.07) is 15.3. The molecular weight excluding hydrogens is 531 g/mol. The van der Waals surface area contributed by atoms with Gasteiger partial charge in [-0.1, -0.05) is 37.3 Å². The molecule has 2 unspecified atom stereocenters. The third-order valence-electron chi connectivity index (χ3n) is 7.40. The van der Waals surface area contributed by atoms with Crippen LogP contribution in [0.2, 0.25) is 0 Å². The Labute approximate surface area is 236 Å². The average molecular weight is 569 g/mol. The lowest BCUT2D eigenvalue weighted by Crippen LogP contribution is -2.36. The Morgan fingerprint density at radius 2 is 1.82 bits per heavy atom. The summed E-state index contributed by atoms with van der Waals surface area (Å²) in [5, 5.41) is 9.87. The number of benzene rings is 3. The number of rotatable bonds is 9. The smallest absolute Gasteiger partial charge is 0.304 e. The van der Waals surface area contributed by atoms with Crippen LogP contribution in [0.5, 0.6) is 5.75 Å². The number of para-hydroxylation sites is 1. The Hall–Kier alpha value is -3.27. The molecule has 0 saturated carbocycles. The number of fused-ring (bicyclic) bond motifs is 1. The SMILES string of the molecule is CCC1CN(Cc2cc(C(CC(=O)O)c3c(C)cc(F)cc3CN(C)C)ccc2C)S(=O)(=O)c2ccccc2O1. The number of carbonyl (C=O) groups is 1. The molecule has 1 aliphatic heterocycles. The molecule has 214 valence electrons. The summed E-state index contributed by atoms with van der Waals surface area (Å²) >= 11 is 0. The molecule has 7 nitrogen and oxygen atoms in total. The molecule has 0 amide bonds. The molecule has 40 heavy (non-hydrogen) atoms. The highest BCUT2D eigenvalue weighted by Gasteiger charge is 2.34. The van der Waals surface area contributed by atoms with E-state index in [1.54, 1.807) is 31.2 Å². The molecule has 3 aromatic carbocycles. The largest absolute Gasteiger partial charge is 0.488 e. The second-order valence-electron chi connectivity index (χ2n) is 10.8. The lowest BCUT2D eigenvalue weighted by atomic mass is 9.82. The minimum absolute atomic E-state index is 0.114. The zero-order chi connectivity index (χ0) is 29.2. The van der Waals surface area contributed by atoms with E-state index in [0.717, 1.165) is 27.8 Å². The van der Waals surface area contributed by atoms with Crippen LogP contribution < -0.4 is 4.74 Å². The molecule has 0 aromatic heterocycles. The number of halogens is 1. The fraction of sp³-hybridized carbons (Fsp3) is 0.387. The van der Waals surface area contributed by atoms with E-state index in [9.17, 15) is 22.7 Å². The van der Waals surface area contributed by atoms with E-state index in [4.69, 9.17) is 4.74 Å². The Kier molecular flexibility index (Phi) is 8.97. The lowest BCUT2D eigenvalue weighted by molar-refractivity contribution is -0.137. The summed E-state index contributed by atoms with van der Waals surface area (Å²) < 4.78 is 49.4. The normalized spacial score (nSPS) is 17.6. The van der Waals surface area contributed by atoms with Gasteiger partial charge in [0.25, 0.3) is 0 Å². The molecule has 4 rings (SSSR count). The van der Waals surface area contributed by atoms with Crippen LogP contribution in [0.15, 0.2) is 59.5 Å². The van der Waals surface area contributed by atoms with Crippen molar-refractivity contribution in [2.24, 2.45) is 0 Å². The molecule has 0 saturated heterocycles. The lowest BCUT2D eigenvalue weighted by Gasteiger charge is -2.26. The topological polar surface area (TPSA) is 87.2 Å². The van der Waals surface area contributed by atoms with Gasteiger partial charge < -0.3 is 14.7 Å². The zero-order valence-corrected chi connectivity index (χ0v) is 24.5. The van der Waals surface area contributed by atoms with Gasteiger partial charge in [0.05, 0.1) is 13.0 Å². The van der Waals surface area contributed by atoms with Gasteiger partial charge in [0, 0.05) is 19.0 Å². The van der Waals surface area contributed by atoms with Gasteiger partial charge >= 0.3 is 5.97 Å². The highest BCUT2D eigenvalue weighted by Crippen LogP contribution is 2.37. The predicted octanol–water partition coefficient (Wildman–Crippen LogP) is 5.47. The standard InChI is InChI=1S/C31H37FN2O5S/c1-6-26-19-34(40(37,38)29-10-8-7-9-28(29)39-26)18-23-14-22(12-11-20(23)2)27(16-30(35)36)31-21(3)13-25(32)15-24(31)17-33(4)5/h7-15,26-27H,6,16-19H2,1-5H3,(H,35,36). The summed E-state index contributed by atoms with van der Waals surface area (Å²) in [7, 11) is -0.0818. The van der Waals surface area contributed by atoms with Crippen molar-refractivity contribution in [3.05, 3.63) is 93.8 Å². The van der Waals surface area contributed by atoms with Crippen LogP contribution in [-0.4, -0.2) is 55.4 Å². The second-order valence-corrected chi connectivity index (χ2v) is 12.7. The second kappa shape index (κ2) is 12.1. The van der Waals surface area contributed by atoms with Crippen LogP contribution in [0.25, 0.3) is 0 Å². The van der Waals surface area contributed by atoms with Crippen molar-refractivity contribution >= 4 is 16.0 Å². The summed E-state index contributed by atoms with van der Waals surface area (Å²) in [4.78, 5) is 14.1. The average Bonchev–Trinajstić information content (AvgIpc) is 2.97. The van der Waals surface area contributed by atoms with E-state index >= 15 is 0 Å². The van der Waals surface area contributed by atoms with Crippen LogP contribution in [0.3, 0.4) is 0 Å². The van der Waals surface area contributed by atoms with Crippen LogP contribution in [-0.2, 0) is 27.9 Å². The van der Waals surface area contributed by atoms with Gasteiger partial charge in [-0.05, 0) is 92.0 Å². The first-order chi connectivity index (χ1) is 18.9. The maximum Gasteiger partial charge on any atom is 0.304 e. The summed E-state index contributed by atoms with van der Waals surface area (Å²) in [5.41, 5.74) is 4.60. The van der Waals surface area contributed by atoms with Crippen molar-refractivity contribution in [1.82, 2.24) is 9.21 Å². The minimum atomic E-state index is -3.85. The van der Waals surface area contributed by atoms with Gasteiger partial charge in [0.2, 0.25) is 10.0 Å². The third kappa shape index (κ3) is 6.37. The first-order valence-electron chi connectivity index (χ1n) is 13.4. The Balaban J connectivity index is 1.79. The summed E-state index contributed by atoms with van der Waals surface area (Å²) in [6.45, 7) is 6.43. The van der Waals surface area contributed by atoms with E-state index in [-0.39, 0.29) is 36.3 Å². The van der Waals surface area contributed by atoms with E-state index in [0.29, 0.717) is 24.3 Å². The quantitative estimate of drug-likeness (QED) is 0.368. The van der Waals surface area contributed by atoms with Gasteiger partial charge in [0.1, 0.15) is 22.6 Å². The number of hydrogen-bond acceptors (Lipinski definition) is 5. The Bertz CT molecular complexity index is 1510. The maximum absolute atomic E-state index is 14.4. The highest BCUT2D eigenvalue weighted by molar-refractivity contribution is 7.89. The first-order valence-corrected chi connectivity index (χ1v) is 14.8. The zero-order valence-electron chi connectivity index (χ0n) is 23.6. The van der Waals surface area contributed by atoms with E-state index in [1.165, 1.54) is 16.4 Å². The van der Waals surface area contributed by atoms with Crippen molar-refractivity contribution in [3.63, 3.8) is 0 Å². The molecule has 1 N–H and O–H groups in total. The van der Waals surface area contributed by atoms with Crippen LogP contribution >= 0.6 is 0 Å². The van der Waals surface area contributed by atoms with Crippen molar-refractivity contribution in [3.8, 4) is 5.75 Å². The molecule has 0 radical (unpaired) electrons. The molecule has 0 aliphatic carbocycles. The molecule has 0 spiro atoms. The first kappa shape index (κ1) is 29.7. The predicted molar refractivity (Wildman–Crippen MR) is 153 cm³/mol. The molecule has 3 aromatic rings. The monoisotopic (exact) mass is 568 g/mol. The molecule has 9 heteroatoms. The number of carboxylic acid groups (broad SMARTS) is 1. The number of hydrogen-bond donors (Lipinski definition) is 1. The van der Waals surface area contributed by atoms with Crippen LogP contribution in [0.1, 0.15) is 59.1 Å². The number of carboxylic acids is 1. The molecule has 2 atom stereocenters. The fourth-order valence-corrected chi connectivity index (χ4v) is 7.00. The van der Waals surface area contributed by atoms with Crippen molar-refractivity contribution in [2.75, 3.05) is 20.6 Å². The minimum Gasteiger partial charge on any atom is -0.488 e. The summed E-state index contributed by atoms with van der Waals surface area (Å²) in [6.07, 6.45) is 0.145. The molecule has 1 aliphatic rings. The van der Waals surface area contributed by atoms with E-state index in [2.05, 4.69) is 0 Å². The van der Waals surface area contributed by atoms with E-state index in [1.807, 2.05) is 51.0 Å². The molecule has 0 bridgehead atoms. The molecule has 1 heterocycles. The van der Waals surface area contributed by atoms with Crippen LogP contribution in [0, 0.1) is 19.7 Å². The maximum atomic E-state index is 14.4. The third-order valence-corrected chi connectivity index (χ3v) is 9.25. The molecule has 0 fully saturated rings. The summed E-state index contributed by atoms with van der Waals surface area (Å²) in [5.74, 6) is -1.53. The van der Waals surface area contributed by atoms with Gasteiger partial charge in [-0.25, -0.2) is 12.8 Å². The number of nitrogens with zero attached hydrogens (tertiary/aromatic N) is 2. The van der Waals surface area contributed by atoms with Crippen molar-refractivity contribution < 1.29 is 27.4 Å². The van der Waals surface area contributed by atoms with Crippen molar-refractivity contribution in [1.29, 1.82) is 0 Å². The van der Waals surface area contributed by atoms with E-state index < -0.39 is 21.9 Å². The highest BCUT2D eigenvalue weighted by atomic mass is 32.2. The van der Waals surface area contributed by atoms with Crippen LogP contribution in [0.4, 0.5) is 4.39 Å². The number of ether oxygens (including phenoxy) is 1. The Morgan fingerprint density at radius 3 is 2.50 bits per heavy atom. The number of sulfonamides is 1. The van der Waals surface area contributed by atoms with Gasteiger partial charge in [-0.15, -0.1) is 0 Å². The number of aryl methyl sites for hydroxylation is 2. The van der Waals surface area contributed by atoms with Gasteiger partial charge in [-0.3, -0.25) is 4.79 Å². The molecular formula is C31H37FN2O5S. The number of aliphatic carboxylic acids is 1. The fourth-order valence-electron chi connectivity index (χ4n) is 5.43. The van der Waals surface area contributed by atoms with Gasteiger partial charge in [0.15, 0.2) is 0 Å². The Morgan fingerprint density at radius 1 is 1.10 bits per heavy atom. The van der Waals surface area contributed by atoms with Gasteiger partial charge in [-0.2, -0.15) is 4.31 Å².